The minimum absolute atomic E-state index is 0.0265. The van der Waals surface area contributed by atoms with Gasteiger partial charge in [0.05, 0.1) is 6.04 Å². The number of benzene rings is 2. The molecule has 0 aliphatic rings. The molecule has 3 amide bonds. The number of carbonyl (C=O) groups excluding carboxylic acids is 3. The van der Waals surface area contributed by atoms with E-state index in [2.05, 4.69) is 28.6 Å². The second kappa shape index (κ2) is 15.0. The van der Waals surface area contributed by atoms with E-state index in [-0.39, 0.29) is 42.4 Å². The van der Waals surface area contributed by atoms with Crippen molar-refractivity contribution in [3.05, 3.63) is 59.7 Å². The molecule has 2 aromatic carbocycles. The Hall–Kier alpha value is -3.77. The molecule has 39 heavy (non-hydrogen) atoms. The Kier molecular flexibility index (Phi) is 12.1. The van der Waals surface area contributed by atoms with Crippen LogP contribution < -0.4 is 21.7 Å². The fourth-order valence-corrected chi connectivity index (χ4v) is 3.92. The van der Waals surface area contributed by atoms with E-state index >= 15 is 0 Å². The Morgan fingerprint density at radius 1 is 0.744 bits per heavy atom. The van der Waals surface area contributed by atoms with Crippen LogP contribution in [-0.4, -0.2) is 68.9 Å². The van der Waals surface area contributed by atoms with Gasteiger partial charge in [-0.15, -0.1) is 0 Å². The largest absolute Gasteiger partial charge is 0.508 e. The van der Waals surface area contributed by atoms with Crippen LogP contribution in [0.1, 0.15) is 31.4 Å². The van der Waals surface area contributed by atoms with Crippen LogP contribution in [0.3, 0.4) is 0 Å². The van der Waals surface area contributed by atoms with Gasteiger partial charge < -0.3 is 37.0 Å². The van der Waals surface area contributed by atoms with Crippen LogP contribution in [0.15, 0.2) is 48.5 Å². The van der Waals surface area contributed by atoms with Crippen molar-refractivity contribution in [3.63, 3.8) is 0 Å². The highest BCUT2D eigenvalue weighted by Gasteiger charge is 2.31. The van der Waals surface area contributed by atoms with E-state index in [0.29, 0.717) is 11.1 Å². The second-order valence-electron chi connectivity index (χ2n) is 9.68. The molecule has 0 bridgehead atoms. The molecule has 0 aliphatic heterocycles. The maximum atomic E-state index is 13.3. The molecule has 0 spiro atoms. The van der Waals surface area contributed by atoms with Gasteiger partial charge in [-0.05, 0) is 47.7 Å². The first-order valence-corrected chi connectivity index (χ1v) is 13.1. The highest BCUT2D eigenvalue weighted by atomic mass is 32.1. The van der Waals surface area contributed by atoms with Crippen molar-refractivity contribution in [3.8, 4) is 11.5 Å². The number of phenols is 2. The predicted octanol–water partition coefficient (Wildman–Crippen LogP) is 0.725. The number of carbonyl (C=O) groups is 4. The smallest absolute Gasteiger partial charge is 0.326 e. The topological polar surface area (TPSA) is 191 Å². The van der Waals surface area contributed by atoms with E-state index in [4.69, 9.17) is 5.73 Å². The lowest BCUT2D eigenvalue weighted by molar-refractivity contribution is -0.142. The van der Waals surface area contributed by atoms with Crippen LogP contribution in [0.4, 0.5) is 0 Å². The summed E-state index contributed by atoms with van der Waals surface area (Å²) in [4.78, 5) is 50.9. The number of aromatic hydroxyl groups is 2. The molecule has 0 saturated heterocycles. The van der Waals surface area contributed by atoms with Crippen LogP contribution >= 0.6 is 12.6 Å². The van der Waals surface area contributed by atoms with Crippen LogP contribution in [-0.2, 0) is 32.0 Å². The molecular weight excluding hydrogens is 524 g/mol. The number of aliphatic carboxylic acids is 1. The fourth-order valence-electron chi connectivity index (χ4n) is 3.75. The van der Waals surface area contributed by atoms with Crippen molar-refractivity contribution >= 4 is 36.3 Å². The molecule has 212 valence electrons. The van der Waals surface area contributed by atoms with Crippen molar-refractivity contribution in [2.45, 2.75) is 57.3 Å². The maximum absolute atomic E-state index is 13.3. The molecule has 12 heteroatoms. The Balaban J connectivity index is 2.22. The maximum Gasteiger partial charge on any atom is 0.326 e. The summed E-state index contributed by atoms with van der Waals surface area (Å²) in [5.41, 5.74) is 6.98. The van der Waals surface area contributed by atoms with Gasteiger partial charge in [0.2, 0.25) is 17.7 Å². The summed E-state index contributed by atoms with van der Waals surface area (Å²) in [6.07, 6.45) is 0.218. The number of thiol groups is 1. The molecule has 4 atom stereocenters. The lowest BCUT2D eigenvalue weighted by atomic mass is 10.00. The molecule has 2 aromatic rings. The lowest BCUT2D eigenvalue weighted by Crippen LogP contribution is -2.58. The molecule has 4 unspecified atom stereocenters. The Morgan fingerprint density at radius 2 is 1.15 bits per heavy atom. The van der Waals surface area contributed by atoms with Crippen LogP contribution in [0, 0.1) is 5.92 Å². The monoisotopic (exact) mass is 560 g/mol. The number of hydrogen-bond acceptors (Lipinski definition) is 8. The zero-order chi connectivity index (χ0) is 29.1. The van der Waals surface area contributed by atoms with Crippen molar-refractivity contribution in [2.75, 3.05) is 5.75 Å². The second-order valence-corrected chi connectivity index (χ2v) is 10.0. The third-order valence-electron chi connectivity index (χ3n) is 5.87. The molecular formula is C27H36N4O7S. The number of phenolic OH excluding ortho intramolecular Hbond substituents is 2. The van der Waals surface area contributed by atoms with E-state index in [0.717, 1.165) is 0 Å². The average molecular weight is 561 g/mol. The van der Waals surface area contributed by atoms with Crippen LogP contribution in [0.2, 0.25) is 0 Å². The van der Waals surface area contributed by atoms with Crippen molar-refractivity contribution < 1.29 is 34.5 Å². The number of nitrogens with two attached hydrogens (primary N) is 1. The Labute approximate surface area is 232 Å². The van der Waals surface area contributed by atoms with E-state index in [1.165, 1.54) is 24.3 Å². The number of nitrogens with one attached hydrogen (secondary N) is 3. The van der Waals surface area contributed by atoms with Gasteiger partial charge >= 0.3 is 5.97 Å². The zero-order valence-corrected chi connectivity index (χ0v) is 22.7. The SMILES string of the molecule is CC(C)CC(NC(=O)C(Cc1ccc(O)cc1)NC(=O)C(N)CS)C(=O)NC(Cc1ccc(O)cc1)C(=O)O. The number of amides is 3. The number of carboxylic acid groups (broad SMARTS) is 1. The minimum Gasteiger partial charge on any atom is -0.508 e. The van der Waals surface area contributed by atoms with Crippen molar-refractivity contribution in [1.82, 2.24) is 16.0 Å². The highest BCUT2D eigenvalue weighted by molar-refractivity contribution is 7.80. The van der Waals surface area contributed by atoms with Gasteiger partial charge in [0.25, 0.3) is 0 Å². The molecule has 8 N–H and O–H groups in total. The average Bonchev–Trinajstić information content (AvgIpc) is 2.88. The first-order valence-electron chi connectivity index (χ1n) is 12.5. The Morgan fingerprint density at radius 3 is 1.59 bits per heavy atom. The Bertz CT molecular complexity index is 1130. The number of carboxylic acids is 1. The third-order valence-corrected chi connectivity index (χ3v) is 6.27. The number of hydrogen-bond donors (Lipinski definition) is 8. The molecule has 0 aliphatic carbocycles. The number of rotatable bonds is 14. The van der Waals surface area contributed by atoms with Crippen LogP contribution in [0.25, 0.3) is 0 Å². The first-order chi connectivity index (χ1) is 18.4. The van der Waals surface area contributed by atoms with Gasteiger partial charge in [0.1, 0.15) is 29.6 Å². The fraction of sp³-hybridized carbons (Fsp3) is 0.407. The van der Waals surface area contributed by atoms with Gasteiger partial charge in [0.15, 0.2) is 0 Å². The third kappa shape index (κ3) is 10.5. The van der Waals surface area contributed by atoms with E-state index in [9.17, 15) is 34.5 Å². The normalized spacial score (nSPS) is 14.1. The van der Waals surface area contributed by atoms with Gasteiger partial charge in [-0.3, -0.25) is 14.4 Å². The lowest BCUT2D eigenvalue weighted by Gasteiger charge is -2.26. The quantitative estimate of drug-likeness (QED) is 0.155. The summed E-state index contributed by atoms with van der Waals surface area (Å²) in [5.74, 6) is -3.13. The van der Waals surface area contributed by atoms with E-state index < -0.39 is 47.9 Å². The molecule has 0 saturated carbocycles. The van der Waals surface area contributed by atoms with Gasteiger partial charge in [0, 0.05) is 18.6 Å². The molecule has 0 radical (unpaired) electrons. The van der Waals surface area contributed by atoms with Crippen LogP contribution in [0.5, 0.6) is 11.5 Å². The van der Waals surface area contributed by atoms with Gasteiger partial charge in [-0.1, -0.05) is 38.1 Å². The minimum atomic E-state index is -1.28. The summed E-state index contributed by atoms with van der Waals surface area (Å²) in [5, 5.41) is 36.5. The van der Waals surface area contributed by atoms with Crippen molar-refractivity contribution in [2.24, 2.45) is 11.7 Å². The summed E-state index contributed by atoms with van der Waals surface area (Å²) >= 11 is 4.02. The zero-order valence-electron chi connectivity index (χ0n) is 21.8. The first kappa shape index (κ1) is 31.4. The van der Waals surface area contributed by atoms with Gasteiger partial charge in [-0.25, -0.2) is 4.79 Å². The summed E-state index contributed by atoms with van der Waals surface area (Å²) < 4.78 is 0. The summed E-state index contributed by atoms with van der Waals surface area (Å²) in [6, 6.07) is 7.58. The summed E-state index contributed by atoms with van der Waals surface area (Å²) in [7, 11) is 0. The standard InChI is InChI=1S/C27H36N4O7S/c1-15(2)11-21(25(35)31-23(27(37)38)13-17-5-9-19(33)10-6-17)30-26(36)22(29-24(34)20(28)14-39)12-16-3-7-18(32)8-4-16/h3-10,15,20-23,32-33,39H,11-14,28H2,1-2H3,(H,29,34)(H,30,36)(H,31,35)(H,37,38). The molecule has 0 aromatic heterocycles. The predicted molar refractivity (Wildman–Crippen MR) is 148 cm³/mol. The molecule has 2 rings (SSSR count). The molecule has 0 heterocycles. The molecule has 11 nitrogen and oxygen atoms in total. The van der Waals surface area contributed by atoms with E-state index in [1.54, 1.807) is 24.3 Å². The summed E-state index contributed by atoms with van der Waals surface area (Å²) in [6.45, 7) is 3.69. The van der Waals surface area contributed by atoms with E-state index in [1.807, 2.05) is 13.8 Å². The molecule has 0 fully saturated rings. The highest BCUT2D eigenvalue weighted by Crippen LogP contribution is 2.14. The van der Waals surface area contributed by atoms with Gasteiger partial charge in [-0.2, -0.15) is 12.6 Å². The van der Waals surface area contributed by atoms with Crippen molar-refractivity contribution in [1.29, 1.82) is 0 Å².